The van der Waals surface area contributed by atoms with E-state index < -0.39 is 15.9 Å². The molecular weight excluding hydrogens is 364 g/mol. The fourth-order valence-electron chi connectivity index (χ4n) is 5.76. The lowest BCUT2D eigenvalue weighted by Crippen LogP contribution is -2.53. The molecule has 0 atom stereocenters. The number of rotatable bonds is 5. The Labute approximate surface area is 160 Å². The van der Waals surface area contributed by atoms with Gasteiger partial charge in [-0.05, 0) is 74.0 Å². The Bertz CT molecular complexity index is 825. The largest absolute Gasteiger partial charge is 0.352 e. The molecule has 0 saturated heterocycles. The Kier molecular flexibility index (Phi) is 4.53. The van der Waals surface area contributed by atoms with Gasteiger partial charge >= 0.3 is 0 Å². The SMILES string of the molecule is CS(=O)(=O)NC(=O)c1ccc(CNC(=O)C23CC4CC(CC(C4)C2)C3)cc1. The first kappa shape index (κ1) is 18.5. The summed E-state index contributed by atoms with van der Waals surface area (Å²) in [4.78, 5) is 24.8. The molecule has 5 rings (SSSR count). The van der Waals surface area contributed by atoms with Gasteiger partial charge in [-0.15, -0.1) is 0 Å². The summed E-state index contributed by atoms with van der Waals surface area (Å²) in [5.41, 5.74) is 1.00. The number of carbonyl (C=O) groups is 2. The molecule has 4 fully saturated rings. The lowest BCUT2D eigenvalue weighted by atomic mass is 9.49. The van der Waals surface area contributed by atoms with Crippen molar-refractivity contribution >= 4 is 21.8 Å². The van der Waals surface area contributed by atoms with Gasteiger partial charge in [-0.3, -0.25) is 9.59 Å². The van der Waals surface area contributed by atoms with Crippen LogP contribution in [0, 0.1) is 23.2 Å². The number of nitrogens with one attached hydrogen (secondary N) is 2. The molecule has 146 valence electrons. The third-order valence-corrected chi connectivity index (χ3v) is 7.02. The second-order valence-corrected chi connectivity index (χ2v) is 10.5. The topological polar surface area (TPSA) is 92.3 Å². The minimum absolute atomic E-state index is 0.163. The van der Waals surface area contributed by atoms with Crippen molar-refractivity contribution in [3.8, 4) is 0 Å². The van der Waals surface area contributed by atoms with Gasteiger partial charge in [-0.1, -0.05) is 12.1 Å². The molecule has 7 heteroatoms. The molecule has 0 radical (unpaired) electrons. The highest BCUT2D eigenvalue weighted by Gasteiger charge is 2.54. The summed E-state index contributed by atoms with van der Waals surface area (Å²) in [5.74, 6) is 1.72. The maximum atomic E-state index is 13.0. The molecule has 4 bridgehead atoms. The Hall–Kier alpha value is -1.89. The molecule has 0 aliphatic heterocycles. The smallest absolute Gasteiger partial charge is 0.264 e. The van der Waals surface area contributed by atoms with Crippen molar-refractivity contribution in [2.75, 3.05) is 6.26 Å². The van der Waals surface area contributed by atoms with E-state index >= 15 is 0 Å². The van der Waals surface area contributed by atoms with Crippen LogP contribution in [-0.2, 0) is 21.4 Å². The average Bonchev–Trinajstić information content (AvgIpc) is 2.57. The third-order valence-electron chi connectivity index (χ3n) is 6.47. The van der Waals surface area contributed by atoms with Crippen molar-refractivity contribution in [2.24, 2.45) is 23.2 Å². The van der Waals surface area contributed by atoms with E-state index in [0.29, 0.717) is 6.54 Å². The molecule has 1 aromatic carbocycles. The normalized spacial score (nSPS) is 31.5. The number of sulfonamides is 1. The zero-order valence-electron chi connectivity index (χ0n) is 15.5. The Balaban J connectivity index is 1.36. The summed E-state index contributed by atoms with van der Waals surface area (Å²) in [7, 11) is -3.58. The summed E-state index contributed by atoms with van der Waals surface area (Å²) < 4.78 is 24.2. The van der Waals surface area contributed by atoms with Crippen molar-refractivity contribution in [3.63, 3.8) is 0 Å². The van der Waals surface area contributed by atoms with Crippen molar-refractivity contribution in [2.45, 2.75) is 45.1 Å². The lowest BCUT2D eigenvalue weighted by Gasteiger charge is -2.55. The van der Waals surface area contributed by atoms with Crippen LogP contribution in [0.3, 0.4) is 0 Å². The maximum Gasteiger partial charge on any atom is 0.264 e. The molecule has 4 aliphatic carbocycles. The van der Waals surface area contributed by atoms with Gasteiger partial charge in [0.15, 0.2) is 0 Å². The van der Waals surface area contributed by atoms with Gasteiger partial charge in [-0.2, -0.15) is 0 Å². The van der Waals surface area contributed by atoms with Gasteiger partial charge in [0.25, 0.3) is 5.91 Å². The molecule has 2 N–H and O–H groups in total. The quantitative estimate of drug-likeness (QED) is 0.806. The second kappa shape index (κ2) is 6.62. The van der Waals surface area contributed by atoms with Gasteiger partial charge in [0, 0.05) is 17.5 Å². The van der Waals surface area contributed by atoms with Gasteiger partial charge in [0.2, 0.25) is 15.9 Å². The fraction of sp³-hybridized carbons (Fsp3) is 0.600. The standard InChI is InChI=1S/C20H26N2O4S/c1-27(25,26)22-18(23)17-4-2-13(3-5-17)12-21-19(24)20-9-14-6-15(10-20)8-16(7-14)11-20/h2-5,14-16H,6-12H2,1H3,(H,21,24)(H,22,23). The van der Waals surface area contributed by atoms with Gasteiger partial charge in [-0.25, -0.2) is 13.1 Å². The van der Waals surface area contributed by atoms with Crippen LogP contribution in [0.15, 0.2) is 24.3 Å². The number of hydrogen-bond donors (Lipinski definition) is 2. The minimum atomic E-state index is -3.58. The van der Waals surface area contributed by atoms with E-state index in [1.807, 2.05) is 4.72 Å². The molecule has 4 saturated carbocycles. The van der Waals surface area contributed by atoms with E-state index in [1.54, 1.807) is 24.3 Å². The zero-order chi connectivity index (χ0) is 19.2. The molecule has 0 aromatic heterocycles. The van der Waals surface area contributed by atoms with Crippen LogP contribution in [0.1, 0.15) is 54.4 Å². The highest BCUT2D eigenvalue weighted by Crippen LogP contribution is 2.60. The van der Waals surface area contributed by atoms with E-state index in [4.69, 9.17) is 0 Å². The number of hydrogen-bond acceptors (Lipinski definition) is 4. The summed E-state index contributed by atoms with van der Waals surface area (Å²) in [5, 5.41) is 3.11. The van der Waals surface area contributed by atoms with Crippen molar-refractivity contribution in [3.05, 3.63) is 35.4 Å². The van der Waals surface area contributed by atoms with Crippen molar-refractivity contribution < 1.29 is 18.0 Å². The highest BCUT2D eigenvalue weighted by atomic mass is 32.2. The van der Waals surface area contributed by atoms with Gasteiger partial charge < -0.3 is 5.32 Å². The third kappa shape index (κ3) is 3.88. The van der Waals surface area contributed by atoms with E-state index in [-0.39, 0.29) is 16.9 Å². The lowest BCUT2D eigenvalue weighted by molar-refractivity contribution is -0.146. The van der Waals surface area contributed by atoms with Crippen LogP contribution in [0.4, 0.5) is 0 Å². The van der Waals surface area contributed by atoms with Crippen LogP contribution < -0.4 is 10.0 Å². The molecule has 27 heavy (non-hydrogen) atoms. The summed E-state index contributed by atoms with van der Waals surface area (Å²) in [6.45, 7) is 0.425. The molecule has 6 nitrogen and oxygen atoms in total. The minimum Gasteiger partial charge on any atom is -0.352 e. The molecule has 0 unspecified atom stereocenters. The van der Waals surface area contributed by atoms with Gasteiger partial charge in [0.05, 0.1) is 6.26 Å². The number of carbonyl (C=O) groups excluding carboxylic acids is 2. The summed E-state index contributed by atoms with van der Waals surface area (Å²) in [6, 6.07) is 6.65. The average molecular weight is 391 g/mol. The molecular formula is C20H26N2O4S. The van der Waals surface area contributed by atoms with Crippen LogP contribution in [0.5, 0.6) is 0 Å². The Morgan fingerprint density at radius 3 is 2.00 bits per heavy atom. The first-order valence-electron chi connectivity index (χ1n) is 9.62. The fourth-order valence-corrected chi connectivity index (χ4v) is 6.21. The Morgan fingerprint density at radius 1 is 1.00 bits per heavy atom. The van der Waals surface area contributed by atoms with E-state index in [0.717, 1.165) is 48.8 Å². The van der Waals surface area contributed by atoms with Crippen molar-refractivity contribution in [1.29, 1.82) is 0 Å². The van der Waals surface area contributed by atoms with E-state index in [9.17, 15) is 18.0 Å². The summed E-state index contributed by atoms with van der Waals surface area (Å²) in [6.07, 6.45) is 7.98. The first-order valence-corrected chi connectivity index (χ1v) is 11.5. The molecule has 0 heterocycles. The predicted octanol–water partition coefficient (Wildman–Crippen LogP) is 2.21. The monoisotopic (exact) mass is 390 g/mol. The molecule has 0 spiro atoms. The van der Waals surface area contributed by atoms with Crippen LogP contribution >= 0.6 is 0 Å². The Morgan fingerprint density at radius 2 is 1.52 bits per heavy atom. The second-order valence-electron chi connectivity index (χ2n) is 8.78. The number of benzene rings is 1. The molecule has 1 aromatic rings. The van der Waals surface area contributed by atoms with Crippen LogP contribution in [0.25, 0.3) is 0 Å². The van der Waals surface area contributed by atoms with Gasteiger partial charge in [0.1, 0.15) is 0 Å². The first-order chi connectivity index (χ1) is 12.7. The highest BCUT2D eigenvalue weighted by molar-refractivity contribution is 7.89. The van der Waals surface area contributed by atoms with E-state index in [2.05, 4.69) is 5.32 Å². The zero-order valence-corrected chi connectivity index (χ0v) is 16.3. The predicted molar refractivity (Wildman–Crippen MR) is 101 cm³/mol. The van der Waals surface area contributed by atoms with E-state index in [1.165, 1.54) is 19.3 Å². The summed E-state index contributed by atoms with van der Waals surface area (Å²) >= 11 is 0. The van der Waals surface area contributed by atoms with Crippen LogP contribution in [-0.4, -0.2) is 26.5 Å². The van der Waals surface area contributed by atoms with Crippen molar-refractivity contribution in [1.82, 2.24) is 10.0 Å². The molecule has 2 amide bonds. The van der Waals surface area contributed by atoms with Crippen LogP contribution in [0.2, 0.25) is 0 Å². The molecule has 4 aliphatic rings. The number of amides is 2. The maximum absolute atomic E-state index is 13.0.